The number of rotatable bonds is 5. The zero-order valence-electron chi connectivity index (χ0n) is 11.2. The number of hydrogen-bond acceptors (Lipinski definition) is 5. The third-order valence-electron chi connectivity index (χ3n) is 2.43. The molecule has 0 aromatic heterocycles. The monoisotopic (exact) mass is 314 g/mol. The van der Waals surface area contributed by atoms with E-state index in [-0.39, 0.29) is 18.3 Å². The first-order chi connectivity index (χ1) is 9.28. The molecule has 1 heterocycles. The van der Waals surface area contributed by atoms with Gasteiger partial charge < -0.3 is 27.8 Å². The molecule has 7 heteroatoms. The summed E-state index contributed by atoms with van der Waals surface area (Å²) in [6, 6.07) is 7.35. The fourth-order valence-electron chi connectivity index (χ4n) is 1.60. The summed E-state index contributed by atoms with van der Waals surface area (Å²) in [5.41, 5.74) is 0.773. The first kappa shape index (κ1) is 16.7. The van der Waals surface area contributed by atoms with Crippen LogP contribution in [0.3, 0.4) is 0 Å². The van der Waals surface area contributed by atoms with Crippen LogP contribution in [0.1, 0.15) is 6.92 Å². The lowest BCUT2D eigenvalue weighted by Gasteiger charge is -2.07. The summed E-state index contributed by atoms with van der Waals surface area (Å²) in [5.74, 6) is 1.13. The summed E-state index contributed by atoms with van der Waals surface area (Å²) in [4.78, 5) is 16.0. The highest BCUT2D eigenvalue weighted by Crippen LogP contribution is 2.16. The van der Waals surface area contributed by atoms with Gasteiger partial charge >= 0.3 is 0 Å². The van der Waals surface area contributed by atoms with Crippen molar-refractivity contribution in [2.75, 3.05) is 30.8 Å². The highest BCUT2D eigenvalue weighted by molar-refractivity contribution is 8.14. The third-order valence-corrected chi connectivity index (χ3v) is 3.39. The van der Waals surface area contributed by atoms with Gasteiger partial charge in [0.2, 0.25) is 5.91 Å². The molecule has 0 unspecified atom stereocenters. The molecule has 0 atom stereocenters. The third kappa shape index (κ3) is 5.30. The fourth-order valence-corrected chi connectivity index (χ4v) is 2.33. The Morgan fingerprint density at radius 2 is 2.20 bits per heavy atom. The van der Waals surface area contributed by atoms with Crippen LogP contribution in [0.5, 0.6) is 5.75 Å². The molecule has 0 saturated heterocycles. The molecule has 110 valence electrons. The van der Waals surface area contributed by atoms with Crippen molar-refractivity contribution in [2.24, 2.45) is 4.99 Å². The number of benzene rings is 1. The minimum absolute atomic E-state index is 0. The SMILES string of the molecule is CCOc1ccc(NC(=O)CSC2=NCCN2)cc1.[Cl-]. The predicted molar refractivity (Wildman–Crippen MR) is 79.0 cm³/mol. The molecular weight excluding hydrogens is 298 g/mol. The number of carbonyl (C=O) groups excluding carboxylic acids is 1. The van der Waals surface area contributed by atoms with Gasteiger partial charge in [-0.3, -0.25) is 9.79 Å². The number of halogens is 1. The van der Waals surface area contributed by atoms with Crippen molar-refractivity contribution in [1.29, 1.82) is 0 Å². The second-order valence-corrected chi connectivity index (χ2v) is 4.87. The summed E-state index contributed by atoms with van der Waals surface area (Å²) in [6.45, 7) is 4.23. The van der Waals surface area contributed by atoms with Crippen molar-refractivity contribution >= 4 is 28.5 Å². The molecular formula is C13H17ClN3O2S-. The van der Waals surface area contributed by atoms with E-state index in [0.717, 1.165) is 29.7 Å². The minimum atomic E-state index is -0.0365. The van der Waals surface area contributed by atoms with Crippen LogP contribution in [0.25, 0.3) is 0 Å². The highest BCUT2D eigenvalue weighted by Gasteiger charge is 2.09. The minimum Gasteiger partial charge on any atom is -1.00 e. The topological polar surface area (TPSA) is 62.7 Å². The standard InChI is InChI=1S/C13H17N3O2S.ClH/c1-2-18-11-5-3-10(4-6-11)16-12(17)9-19-13-14-7-8-15-13;/h3-6H,2,7-9H2,1H3,(H,14,15)(H,16,17);1H/p-1. The largest absolute Gasteiger partial charge is 1.00 e. The summed E-state index contributed by atoms with van der Waals surface area (Å²) in [7, 11) is 0. The average Bonchev–Trinajstić information content (AvgIpc) is 2.92. The number of hydrogen-bond donors (Lipinski definition) is 2. The Balaban J connectivity index is 0.00000200. The maximum atomic E-state index is 11.7. The fraction of sp³-hybridized carbons (Fsp3) is 0.385. The van der Waals surface area contributed by atoms with Crippen LogP contribution in [-0.4, -0.2) is 36.5 Å². The van der Waals surface area contributed by atoms with Gasteiger partial charge in [-0.1, -0.05) is 11.8 Å². The Hall–Kier alpha value is -1.40. The molecule has 1 aliphatic rings. The van der Waals surface area contributed by atoms with Crippen LogP contribution in [-0.2, 0) is 4.79 Å². The first-order valence-electron chi connectivity index (χ1n) is 6.22. The quantitative estimate of drug-likeness (QED) is 0.711. The van der Waals surface area contributed by atoms with Gasteiger partial charge in [0.25, 0.3) is 0 Å². The van der Waals surface area contributed by atoms with Crippen LogP contribution in [0, 0.1) is 0 Å². The van der Waals surface area contributed by atoms with E-state index in [1.165, 1.54) is 11.8 Å². The average molecular weight is 315 g/mol. The predicted octanol–water partition coefficient (Wildman–Crippen LogP) is -1.28. The molecule has 1 amide bonds. The number of aliphatic imine (C=N–C) groups is 1. The zero-order chi connectivity index (χ0) is 13.5. The van der Waals surface area contributed by atoms with E-state index in [1.54, 1.807) is 0 Å². The highest BCUT2D eigenvalue weighted by atomic mass is 35.5. The van der Waals surface area contributed by atoms with Gasteiger partial charge in [-0.2, -0.15) is 0 Å². The van der Waals surface area contributed by atoms with Crippen LogP contribution in [0.4, 0.5) is 5.69 Å². The van der Waals surface area contributed by atoms with Crippen molar-refractivity contribution in [3.8, 4) is 5.75 Å². The van der Waals surface area contributed by atoms with Crippen LogP contribution in [0.2, 0.25) is 0 Å². The van der Waals surface area contributed by atoms with Crippen LogP contribution in [0.15, 0.2) is 29.3 Å². The zero-order valence-corrected chi connectivity index (χ0v) is 12.8. The first-order valence-corrected chi connectivity index (χ1v) is 7.20. The van der Waals surface area contributed by atoms with E-state index in [2.05, 4.69) is 15.6 Å². The van der Waals surface area contributed by atoms with Gasteiger partial charge in [-0.25, -0.2) is 0 Å². The Labute approximate surface area is 129 Å². The second-order valence-electron chi connectivity index (χ2n) is 3.91. The van der Waals surface area contributed by atoms with Crippen LogP contribution < -0.4 is 27.8 Å². The van der Waals surface area contributed by atoms with Crippen molar-refractivity contribution in [3.05, 3.63) is 24.3 Å². The summed E-state index contributed by atoms with van der Waals surface area (Å²) in [5, 5.41) is 6.80. The van der Waals surface area contributed by atoms with E-state index in [4.69, 9.17) is 4.74 Å². The van der Waals surface area contributed by atoms with Crippen molar-refractivity contribution in [3.63, 3.8) is 0 Å². The van der Waals surface area contributed by atoms with Crippen LogP contribution >= 0.6 is 11.8 Å². The lowest BCUT2D eigenvalue weighted by Crippen LogP contribution is -3.00. The molecule has 0 radical (unpaired) electrons. The molecule has 1 aromatic carbocycles. The molecule has 0 spiro atoms. The Bertz CT molecular complexity index is 465. The molecule has 2 N–H and O–H groups in total. The number of ether oxygens (including phenoxy) is 1. The van der Waals surface area contributed by atoms with Crippen molar-refractivity contribution < 1.29 is 21.9 Å². The van der Waals surface area contributed by atoms with Gasteiger partial charge in [0, 0.05) is 12.2 Å². The molecule has 0 fully saturated rings. The smallest absolute Gasteiger partial charge is 0.234 e. The Kier molecular flexibility index (Phi) is 7.25. The van der Waals surface area contributed by atoms with Crippen molar-refractivity contribution in [1.82, 2.24) is 5.32 Å². The van der Waals surface area contributed by atoms with E-state index in [0.29, 0.717) is 12.4 Å². The maximum absolute atomic E-state index is 11.7. The number of thioether (sulfide) groups is 1. The number of anilines is 1. The van der Waals surface area contributed by atoms with E-state index >= 15 is 0 Å². The van der Waals surface area contributed by atoms with E-state index < -0.39 is 0 Å². The van der Waals surface area contributed by atoms with E-state index in [9.17, 15) is 4.79 Å². The summed E-state index contributed by atoms with van der Waals surface area (Å²) in [6.07, 6.45) is 0. The van der Waals surface area contributed by atoms with Gasteiger partial charge in [0.15, 0.2) is 5.17 Å². The second kappa shape index (κ2) is 8.71. The Morgan fingerprint density at radius 1 is 1.45 bits per heavy atom. The molecule has 1 aliphatic heterocycles. The van der Waals surface area contributed by atoms with Gasteiger partial charge in [-0.05, 0) is 31.2 Å². The number of nitrogens with zero attached hydrogens (tertiary/aromatic N) is 1. The molecule has 1 aromatic rings. The molecule has 5 nitrogen and oxygen atoms in total. The number of amides is 1. The van der Waals surface area contributed by atoms with Gasteiger partial charge in [-0.15, -0.1) is 0 Å². The number of carbonyl (C=O) groups is 1. The summed E-state index contributed by atoms with van der Waals surface area (Å²) >= 11 is 1.42. The van der Waals surface area contributed by atoms with Crippen molar-refractivity contribution in [2.45, 2.75) is 6.92 Å². The van der Waals surface area contributed by atoms with E-state index in [1.807, 2.05) is 31.2 Å². The normalized spacial score (nSPS) is 12.9. The van der Waals surface area contributed by atoms with Gasteiger partial charge in [0.1, 0.15) is 5.75 Å². The maximum Gasteiger partial charge on any atom is 0.234 e. The molecule has 0 aliphatic carbocycles. The summed E-state index contributed by atoms with van der Waals surface area (Å²) < 4.78 is 5.34. The molecule has 0 saturated carbocycles. The Morgan fingerprint density at radius 3 is 2.80 bits per heavy atom. The lowest BCUT2D eigenvalue weighted by atomic mass is 10.3. The van der Waals surface area contributed by atoms with Gasteiger partial charge in [0.05, 0.1) is 18.9 Å². The number of nitrogens with one attached hydrogen (secondary N) is 2. The molecule has 2 rings (SSSR count). The lowest BCUT2D eigenvalue weighted by molar-refractivity contribution is -0.113. The molecule has 0 bridgehead atoms. The number of amidine groups is 1. The molecule has 20 heavy (non-hydrogen) atoms.